The van der Waals surface area contributed by atoms with Crippen molar-refractivity contribution in [1.29, 1.82) is 0 Å². The fraction of sp³-hybridized carbons (Fsp3) is 0.0870. The first kappa shape index (κ1) is 20.1. The molecular formula is C23H17FN2O5. The number of halogens is 1. The van der Waals surface area contributed by atoms with Gasteiger partial charge in [0.2, 0.25) is 5.82 Å². The molecule has 31 heavy (non-hydrogen) atoms. The summed E-state index contributed by atoms with van der Waals surface area (Å²) in [5, 5.41) is 11.6. The van der Waals surface area contributed by atoms with Gasteiger partial charge >= 0.3 is 5.69 Å². The number of pyridine rings is 1. The summed E-state index contributed by atoms with van der Waals surface area (Å²) in [5.41, 5.74) is 0.850. The Bertz CT molecular complexity index is 1250. The lowest BCUT2D eigenvalue weighted by Crippen LogP contribution is -1.99. The maximum atomic E-state index is 14.5. The fourth-order valence-corrected chi connectivity index (χ4v) is 3.06. The molecule has 0 aliphatic carbocycles. The number of methoxy groups -OCH3 is 1. The van der Waals surface area contributed by atoms with Crippen LogP contribution in [0.3, 0.4) is 0 Å². The van der Waals surface area contributed by atoms with E-state index in [9.17, 15) is 14.5 Å². The molecular weight excluding hydrogens is 403 g/mol. The minimum atomic E-state index is -1.05. The second-order valence-corrected chi connectivity index (χ2v) is 6.55. The van der Waals surface area contributed by atoms with E-state index in [0.717, 1.165) is 11.6 Å². The molecule has 156 valence electrons. The van der Waals surface area contributed by atoms with Crippen molar-refractivity contribution in [2.75, 3.05) is 7.11 Å². The van der Waals surface area contributed by atoms with E-state index in [4.69, 9.17) is 14.2 Å². The monoisotopic (exact) mass is 420 g/mol. The summed E-state index contributed by atoms with van der Waals surface area (Å²) in [6.07, 6.45) is 1.50. The Morgan fingerprint density at radius 3 is 2.52 bits per heavy atom. The van der Waals surface area contributed by atoms with Gasteiger partial charge in [0, 0.05) is 23.7 Å². The minimum Gasteiger partial charge on any atom is -0.493 e. The zero-order valence-electron chi connectivity index (χ0n) is 16.4. The molecule has 0 saturated carbocycles. The van der Waals surface area contributed by atoms with Gasteiger partial charge in [0.25, 0.3) is 0 Å². The van der Waals surface area contributed by atoms with Crippen molar-refractivity contribution in [3.8, 4) is 23.0 Å². The molecule has 0 aliphatic heterocycles. The molecule has 0 amide bonds. The molecule has 0 saturated heterocycles. The molecule has 3 aromatic carbocycles. The van der Waals surface area contributed by atoms with E-state index < -0.39 is 16.4 Å². The Kier molecular flexibility index (Phi) is 5.61. The number of fused-ring (bicyclic) bond motifs is 1. The number of nitro groups is 1. The fourth-order valence-electron chi connectivity index (χ4n) is 3.06. The van der Waals surface area contributed by atoms with E-state index in [1.807, 2.05) is 30.3 Å². The van der Waals surface area contributed by atoms with Crippen molar-refractivity contribution in [3.05, 3.63) is 94.4 Å². The Hall–Kier alpha value is -4.20. The highest BCUT2D eigenvalue weighted by atomic mass is 19.1. The number of aromatic nitrogens is 1. The topological polar surface area (TPSA) is 83.7 Å². The first-order chi connectivity index (χ1) is 15.1. The van der Waals surface area contributed by atoms with Crippen molar-refractivity contribution in [2.45, 2.75) is 6.61 Å². The molecule has 8 heteroatoms. The van der Waals surface area contributed by atoms with Crippen LogP contribution >= 0.6 is 0 Å². The average Bonchev–Trinajstić information content (AvgIpc) is 2.79. The van der Waals surface area contributed by atoms with Gasteiger partial charge in [-0.15, -0.1) is 0 Å². The third-order valence-electron chi connectivity index (χ3n) is 4.58. The largest absolute Gasteiger partial charge is 0.493 e. The van der Waals surface area contributed by atoms with Gasteiger partial charge in [-0.1, -0.05) is 36.4 Å². The minimum absolute atomic E-state index is 0.260. The van der Waals surface area contributed by atoms with Crippen LogP contribution in [0.1, 0.15) is 5.56 Å². The molecule has 0 spiro atoms. The van der Waals surface area contributed by atoms with Crippen molar-refractivity contribution in [2.24, 2.45) is 0 Å². The molecule has 0 aliphatic rings. The summed E-state index contributed by atoms with van der Waals surface area (Å²) in [5.74, 6) is -0.0989. The van der Waals surface area contributed by atoms with Crippen LogP contribution < -0.4 is 14.2 Å². The van der Waals surface area contributed by atoms with E-state index in [2.05, 4.69) is 4.98 Å². The molecule has 7 nitrogen and oxygen atoms in total. The van der Waals surface area contributed by atoms with E-state index >= 15 is 0 Å². The SMILES string of the molecule is COc1cc2nccc(Oc3cccc([N+](=O)[O-])c3F)c2cc1OCc1ccccc1. The van der Waals surface area contributed by atoms with Crippen LogP contribution in [0.5, 0.6) is 23.0 Å². The first-order valence-electron chi connectivity index (χ1n) is 9.31. The number of hydrogen-bond donors (Lipinski definition) is 0. The Morgan fingerprint density at radius 2 is 1.77 bits per heavy atom. The van der Waals surface area contributed by atoms with E-state index in [1.54, 1.807) is 18.2 Å². The standard InChI is InChI=1S/C23H17FN2O5/c1-29-21-13-17-16(12-22(21)30-14-15-6-3-2-4-7-15)19(10-11-25-17)31-20-9-5-8-18(23(20)24)26(27)28/h2-13H,14H2,1H3. The molecule has 0 atom stereocenters. The summed E-state index contributed by atoms with van der Waals surface area (Å²) >= 11 is 0. The lowest BCUT2D eigenvalue weighted by molar-refractivity contribution is -0.387. The first-order valence-corrected chi connectivity index (χ1v) is 9.31. The number of ether oxygens (including phenoxy) is 3. The highest BCUT2D eigenvalue weighted by Gasteiger charge is 2.20. The molecule has 0 N–H and O–H groups in total. The van der Waals surface area contributed by atoms with Crippen LogP contribution in [0.25, 0.3) is 10.9 Å². The lowest BCUT2D eigenvalue weighted by Gasteiger charge is -2.14. The summed E-state index contributed by atoms with van der Waals surface area (Å²) in [4.78, 5) is 14.5. The zero-order valence-corrected chi connectivity index (χ0v) is 16.4. The van der Waals surface area contributed by atoms with Gasteiger partial charge in [-0.05, 0) is 23.8 Å². The van der Waals surface area contributed by atoms with E-state index in [-0.39, 0.29) is 11.5 Å². The molecule has 4 aromatic rings. The predicted molar refractivity (Wildman–Crippen MR) is 112 cm³/mol. The Morgan fingerprint density at radius 1 is 0.968 bits per heavy atom. The van der Waals surface area contributed by atoms with Crippen molar-refractivity contribution >= 4 is 16.6 Å². The van der Waals surface area contributed by atoms with Crippen LogP contribution in [0.15, 0.2) is 72.9 Å². The molecule has 0 fully saturated rings. The number of nitro benzene ring substituents is 1. The van der Waals surface area contributed by atoms with Gasteiger partial charge in [0.15, 0.2) is 17.2 Å². The molecule has 1 aromatic heterocycles. The highest BCUT2D eigenvalue weighted by Crippen LogP contribution is 2.38. The molecule has 0 unspecified atom stereocenters. The number of benzene rings is 3. The van der Waals surface area contributed by atoms with Crippen LogP contribution in [-0.4, -0.2) is 17.0 Å². The predicted octanol–water partition coefficient (Wildman–Crippen LogP) is 5.66. The number of rotatable bonds is 7. The van der Waals surface area contributed by atoms with Crippen molar-refractivity contribution < 1.29 is 23.5 Å². The summed E-state index contributed by atoms with van der Waals surface area (Å²) < 4.78 is 31.5. The van der Waals surface area contributed by atoms with Crippen LogP contribution in [0, 0.1) is 15.9 Å². The molecule has 0 radical (unpaired) electrons. The van der Waals surface area contributed by atoms with Gasteiger partial charge in [-0.3, -0.25) is 15.1 Å². The zero-order chi connectivity index (χ0) is 21.8. The van der Waals surface area contributed by atoms with Gasteiger partial charge in [-0.2, -0.15) is 4.39 Å². The molecule has 1 heterocycles. The Labute approximate surface area is 176 Å². The van der Waals surface area contributed by atoms with Crippen molar-refractivity contribution in [3.63, 3.8) is 0 Å². The maximum Gasteiger partial charge on any atom is 0.308 e. The number of hydrogen-bond acceptors (Lipinski definition) is 6. The van der Waals surface area contributed by atoms with E-state index in [0.29, 0.717) is 29.0 Å². The third kappa shape index (κ3) is 4.23. The molecule has 0 bridgehead atoms. The van der Waals surface area contributed by atoms with E-state index in [1.165, 1.54) is 25.4 Å². The second kappa shape index (κ2) is 8.66. The van der Waals surface area contributed by atoms with Gasteiger partial charge < -0.3 is 14.2 Å². The smallest absolute Gasteiger partial charge is 0.308 e. The van der Waals surface area contributed by atoms with Crippen LogP contribution in [-0.2, 0) is 6.61 Å². The number of nitrogens with zero attached hydrogens (tertiary/aromatic N) is 2. The summed E-state index contributed by atoms with van der Waals surface area (Å²) in [6.45, 7) is 0.318. The summed E-state index contributed by atoms with van der Waals surface area (Å²) in [6, 6.07) is 18.3. The molecule has 4 rings (SSSR count). The van der Waals surface area contributed by atoms with Crippen LogP contribution in [0.4, 0.5) is 10.1 Å². The quantitative estimate of drug-likeness (QED) is 0.283. The van der Waals surface area contributed by atoms with Gasteiger partial charge in [0.1, 0.15) is 12.4 Å². The van der Waals surface area contributed by atoms with Crippen LogP contribution in [0.2, 0.25) is 0 Å². The Balaban J connectivity index is 1.72. The normalized spacial score (nSPS) is 10.6. The van der Waals surface area contributed by atoms with Gasteiger partial charge in [-0.25, -0.2) is 0 Å². The summed E-state index contributed by atoms with van der Waals surface area (Å²) in [7, 11) is 1.52. The average molecular weight is 420 g/mol. The maximum absolute atomic E-state index is 14.5. The highest BCUT2D eigenvalue weighted by molar-refractivity contribution is 5.88. The van der Waals surface area contributed by atoms with Gasteiger partial charge in [0.05, 0.1) is 17.5 Å². The second-order valence-electron chi connectivity index (χ2n) is 6.55. The van der Waals surface area contributed by atoms with Crippen molar-refractivity contribution in [1.82, 2.24) is 4.98 Å². The third-order valence-corrected chi connectivity index (χ3v) is 4.58. The lowest BCUT2D eigenvalue weighted by atomic mass is 10.1.